The maximum absolute atomic E-state index is 13.4. The minimum Gasteiger partial charge on any atom is -0.294 e. The summed E-state index contributed by atoms with van der Waals surface area (Å²) >= 11 is 0. The summed E-state index contributed by atoms with van der Waals surface area (Å²) in [6.07, 6.45) is 3.63. The zero-order valence-electron chi connectivity index (χ0n) is 9.56. The van der Waals surface area contributed by atoms with E-state index in [-0.39, 0.29) is 17.8 Å². The highest BCUT2D eigenvalue weighted by Gasteiger charge is 2.12. The van der Waals surface area contributed by atoms with Gasteiger partial charge in [0, 0.05) is 19.2 Å². The zero-order valence-corrected chi connectivity index (χ0v) is 9.56. The summed E-state index contributed by atoms with van der Waals surface area (Å²) in [6.45, 7) is 2.73. The number of halogens is 1. The predicted octanol–water partition coefficient (Wildman–Crippen LogP) is 2.47. The van der Waals surface area contributed by atoms with Gasteiger partial charge >= 0.3 is 0 Å². The van der Waals surface area contributed by atoms with Crippen LogP contribution in [-0.4, -0.2) is 15.6 Å². The molecule has 4 heteroatoms. The van der Waals surface area contributed by atoms with Crippen LogP contribution in [0.2, 0.25) is 0 Å². The van der Waals surface area contributed by atoms with Crippen molar-refractivity contribution in [3.63, 3.8) is 0 Å². The summed E-state index contributed by atoms with van der Waals surface area (Å²) in [6, 6.07) is 6.03. The molecule has 2 rings (SSSR count). The summed E-state index contributed by atoms with van der Waals surface area (Å²) in [7, 11) is 0. The number of rotatable bonds is 4. The molecule has 0 aliphatic rings. The molecule has 0 saturated carbocycles. The number of carbonyl (C=O) groups excluding carboxylic acids is 1. The Morgan fingerprint density at radius 2 is 2.18 bits per heavy atom. The summed E-state index contributed by atoms with van der Waals surface area (Å²) in [5, 5.41) is 4.07. The van der Waals surface area contributed by atoms with Gasteiger partial charge in [0.2, 0.25) is 0 Å². The van der Waals surface area contributed by atoms with Crippen LogP contribution in [0.4, 0.5) is 4.39 Å². The number of benzene rings is 1. The van der Waals surface area contributed by atoms with Crippen LogP contribution in [0, 0.1) is 5.82 Å². The Labute approximate surface area is 98.9 Å². The van der Waals surface area contributed by atoms with Gasteiger partial charge in [-0.05, 0) is 24.6 Å². The SMILES string of the molecule is CCn1cc(CC(=O)c2ccccc2F)cn1. The van der Waals surface area contributed by atoms with E-state index < -0.39 is 5.82 Å². The number of ketones is 1. The fourth-order valence-corrected chi connectivity index (χ4v) is 1.64. The minimum atomic E-state index is -0.472. The van der Waals surface area contributed by atoms with Crippen molar-refractivity contribution < 1.29 is 9.18 Å². The molecular weight excluding hydrogens is 219 g/mol. The summed E-state index contributed by atoms with van der Waals surface area (Å²) < 4.78 is 15.1. The van der Waals surface area contributed by atoms with Gasteiger partial charge in [-0.15, -0.1) is 0 Å². The topological polar surface area (TPSA) is 34.9 Å². The average Bonchev–Trinajstić information content (AvgIpc) is 2.77. The van der Waals surface area contributed by atoms with Crippen molar-refractivity contribution in [2.24, 2.45) is 0 Å². The molecule has 0 radical (unpaired) electrons. The lowest BCUT2D eigenvalue weighted by Crippen LogP contribution is -2.05. The number of Topliss-reactive ketones (excluding diaryl/α,β-unsaturated/α-hetero) is 1. The quantitative estimate of drug-likeness (QED) is 0.759. The Kier molecular flexibility index (Phi) is 3.32. The summed E-state index contributed by atoms with van der Waals surface area (Å²) in [4.78, 5) is 11.9. The van der Waals surface area contributed by atoms with Gasteiger partial charge in [0.25, 0.3) is 0 Å². The maximum atomic E-state index is 13.4. The zero-order chi connectivity index (χ0) is 12.3. The minimum absolute atomic E-state index is 0.136. The molecule has 1 aromatic heterocycles. The van der Waals surface area contributed by atoms with Crippen molar-refractivity contribution in [1.29, 1.82) is 0 Å². The Morgan fingerprint density at radius 3 is 2.82 bits per heavy atom. The smallest absolute Gasteiger partial charge is 0.170 e. The molecule has 0 atom stereocenters. The number of nitrogens with zero attached hydrogens (tertiary/aromatic N) is 2. The molecule has 0 amide bonds. The summed E-state index contributed by atoms with van der Waals surface area (Å²) in [5.74, 6) is -0.695. The van der Waals surface area contributed by atoms with Gasteiger partial charge in [-0.3, -0.25) is 9.48 Å². The number of hydrogen-bond donors (Lipinski definition) is 0. The highest BCUT2D eigenvalue weighted by Crippen LogP contribution is 2.10. The van der Waals surface area contributed by atoms with E-state index in [4.69, 9.17) is 0 Å². The molecule has 1 aromatic carbocycles. The van der Waals surface area contributed by atoms with E-state index in [1.54, 1.807) is 29.2 Å². The Hall–Kier alpha value is -1.97. The molecule has 0 bridgehead atoms. The highest BCUT2D eigenvalue weighted by atomic mass is 19.1. The van der Waals surface area contributed by atoms with Crippen molar-refractivity contribution in [1.82, 2.24) is 9.78 Å². The molecule has 0 spiro atoms. The molecule has 0 unspecified atom stereocenters. The fraction of sp³-hybridized carbons (Fsp3) is 0.231. The first kappa shape index (κ1) is 11.5. The molecule has 88 valence electrons. The van der Waals surface area contributed by atoms with Crippen LogP contribution in [0.3, 0.4) is 0 Å². The van der Waals surface area contributed by atoms with E-state index >= 15 is 0 Å². The Morgan fingerprint density at radius 1 is 1.41 bits per heavy atom. The second-order valence-corrected chi connectivity index (χ2v) is 3.78. The molecule has 0 N–H and O–H groups in total. The van der Waals surface area contributed by atoms with Crippen LogP contribution in [0.25, 0.3) is 0 Å². The van der Waals surface area contributed by atoms with Crippen LogP contribution >= 0.6 is 0 Å². The maximum Gasteiger partial charge on any atom is 0.170 e. The van der Waals surface area contributed by atoms with Gasteiger partial charge in [-0.2, -0.15) is 5.10 Å². The first-order chi connectivity index (χ1) is 8.20. The number of aromatic nitrogens is 2. The van der Waals surface area contributed by atoms with Crippen molar-refractivity contribution in [2.45, 2.75) is 19.9 Å². The Bertz CT molecular complexity index is 534. The lowest BCUT2D eigenvalue weighted by Gasteiger charge is -2.00. The van der Waals surface area contributed by atoms with E-state index in [9.17, 15) is 9.18 Å². The fourth-order valence-electron chi connectivity index (χ4n) is 1.64. The number of aryl methyl sites for hydroxylation is 1. The van der Waals surface area contributed by atoms with Gasteiger partial charge in [-0.1, -0.05) is 12.1 Å². The monoisotopic (exact) mass is 232 g/mol. The average molecular weight is 232 g/mol. The second-order valence-electron chi connectivity index (χ2n) is 3.78. The van der Waals surface area contributed by atoms with Gasteiger partial charge in [-0.25, -0.2) is 4.39 Å². The van der Waals surface area contributed by atoms with Gasteiger partial charge in [0.1, 0.15) is 5.82 Å². The number of hydrogen-bond acceptors (Lipinski definition) is 2. The molecule has 0 aliphatic heterocycles. The molecule has 0 fully saturated rings. The second kappa shape index (κ2) is 4.91. The third-order valence-electron chi connectivity index (χ3n) is 2.55. The standard InChI is InChI=1S/C13H13FN2O/c1-2-16-9-10(8-15-16)7-13(17)11-5-3-4-6-12(11)14/h3-6,8-9H,2,7H2,1H3. The van der Waals surface area contributed by atoms with Gasteiger partial charge in [0.15, 0.2) is 5.78 Å². The molecule has 0 saturated heterocycles. The largest absolute Gasteiger partial charge is 0.294 e. The van der Waals surface area contributed by atoms with E-state index in [2.05, 4.69) is 5.10 Å². The molecule has 2 aromatic rings. The summed E-state index contributed by atoms with van der Waals surface area (Å²) in [5.41, 5.74) is 0.942. The first-order valence-corrected chi connectivity index (χ1v) is 5.49. The van der Waals surface area contributed by atoms with E-state index in [1.807, 2.05) is 6.92 Å². The van der Waals surface area contributed by atoms with E-state index in [1.165, 1.54) is 12.1 Å². The van der Waals surface area contributed by atoms with Crippen molar-refractivity contribution in [2.75, 3.05) is 0 Å². The first-order valence-electron chi connectivity index (χ1n) is 5.49. The Balaban J connectivity index is 2.14. The van der Waals surface area contributed by atoms with Crippen LogP contribution in [0.5, 0.6) is 0 Å². The van der Waals surface area contributed by atoms with E-state index in [0.717, 1.165) is 12.1 Å². The third-order valence-corrected chi connectivity index (χ3v) is 2.55. The third kappa shape index (κ3) is 2.58. The van der Waals surface area contributed by atoms with E-state index in [0.29, 0.717) is 0 Å². The molecule has 3 nitrogen and oxygen atoms in total. The van der Waals surface area contributed by atoms with Gasteiger partial charge < -0.3 is 0 Å². The van der Waals surface area contributed by atoms with Crippen molar-refractivity contribution in [3.8, 4) is 0 Å². The van der Waals surface area contributed by atoms with Crippen molar-refractivity contribution in [3.05, 3.63) is 53.6 Å². The molecule has 0 aliphatic carbocycles. The lowest BCUT2D eigenvalue weighted by atomic mass is 10.1. The molecular formula is C13H13FN2O. The highest BCUT2D eigenvalue weighted by molar-refractivity contribution is 5.97. The van der Waals surface area contributed by atoms with Gasteiger partial charge in [0.05, 0.1) is 11.8 Å². The van der Waals surface area contributed by atoms with Crippen LogP contribution in [0.15, 0.2) is 36.7 Å². The normalized spacial score (nSPS) is 10.5. The van der Waals surface area contributed by atoms with Crippen LogP contribution < -0.4 is 0 Å². The molecule has 17 heavy (non-hydrogen) atoms. The molecule has 1 heterocycles. The lowest BCUT2D eigenvalue weighted by molar-refractivity contribution is 0.0989. The predicted molar refractivity (Wildman–Crippen MR) is 62.3 cm³/mol. The van der Waals surface area contributed by atoms with Crippen LogP contribution in [0.1, 0.15) is 22.8 Å². The van der Waals surface area contributed by atoms with Crippen molar-refractivity contribution >= 4 is 5.78 Å². The number of carbonyl (C=O) groups is 1. The van der Waals surface area contributed by atoms with Crippen LogP contribution in [-0.2, 0) is 13.0 Å².